The minimum atomic E-state index is 0.182. The first-order valence-electron chi connectivity index (χ1n) is 7.36. The summed E-state index contributed by atoms with van der Waals surface area (Å²) in [6.45, 7) is 0.182. The number of nitrogen functional groups attached to an aromatic ring is 1. The first-order chi connectivity index (χ1) is 10.2. The molecule has 2 unspecified atom stereocenters. The van der Waals surface area contributed by atoms with Crippen molar-refractivity contribution in [1.82, 2.24) is 15.0 Å². The molecule has 7 heteroatoms. The number of aromatic nitrogens is 4. The highest BCUT2D eigenvalue weighted by atomic mass is 16.3. The standard InChI is InChI=1S/C14H18N6O/c15-14-18-12(17-9-2-3-9)11-13(19-14)20(7-16-11)10-4-1-8(5-10)6-21/h1,4,7-10,21H,2-3,5-6H2,(H3,15,17,18,19)/p+1. The predicted molar refractivity (Wildman–Crippen MR) is 78.5 cm³/mol. The van der Waals surface area contributed by atoms with Gasteiger partial charge < -0.3 is 16.2 Å². The lowest BCUT2D eigenvalue weighted by Crippen LogP contribution is -2.37. The molecule has 0 spiro atoms. The van der Waals surface area contributed by atoms with E-state index in [2.05, 4.69) is 37.0 Å². The van der Waals surface area contributed by atoms with Gasteiger partial charge in [0.1, 0.15) is 6.04 Å². The Labute approximate surface area is 121 Å². The van der Waals surface area contributed by atoms with Gasteiger partial charge in [-0.3, -0.25) is 4.98 Å². The number of imidazole rings is 1. The van der Waals surface area contributed by atoms with Crippen molar-refractivity contribution in [2.24, 2.45) is 5.92 Å². The summed E-state index contributed by atoms with van der Waals surface area (Å²) < 4.78 is 2.07. The van der Waals surface area contributed by atoms with Gasteiger partial charge >= 0.3 is 5.65 Å². The summed E-state index contributed by atoms with van der Waals surface area (Å²) in [6, 6.07) is 0.698. The van der Waals surface area contributed by atoms with Crippen molar-refractivity contribution in [2.75, 3.05) is 17.7 Å². The van der Waals surface area contributed by atoms with Crippen molar-refractivity contribution in [3.63, 3.8) is 0 Å². The van der Waals surface area contributed by atoms with Gasteiger partial charge in [-0.25, -0.2) is 4.57 Å². The van der Waals surface area contributed by atoms with Crippen LogP contribution in [0.5, 0.6) is 0 Å². The number of nitrogens with zero attached hydrogens (tertiary/aromatic N) is 3. The molecule has 7 nitrogen and oxygen atoms in total. The molecule has 4 rings (SSSR count). The van der Waals surface area contributed by atoms with Gasteiger partial charge in [0.15, 0.2) is 12.1 Å². The topological polar surface area (TPSA) is 104 Å². The van der Waals surface area contributed by atoms with Crippen molar-refractivity contribution < 1.29 is 9.67 Å². The van der Waals surface area contributed by atoms with Crippen molar-refractivity contribution >= 4 is 22.9 Å². The molecule has 0 aromatic carbocycles. The molecule has 0 aliphatic heterocycles. The largest absolute Gasteiger partial charge is 0.396 e. The number of aliphatic hydroxyl groups is 1. The van der Waals surface area contributed by atoms with E-state index in [0.717, 1.165) is 23.4 Å². The van der Waals surface area contributed by atoms with E-state index in [1.807, 2.05) is 6.33 Å². The van der Waals surface area contributed by atoms with E-state index in [0.29, 0.717) is 6.04 Å². The molecular formula is C14H19N6O+. The third-order valence-corrected chi connectivity index (χ3v) is 4.16. The Hall–Kier alpha value is -2.15. The fraction of sp³-hybridized carbons (Fsp3) is 0.500. The smallest absolute Gasteiger partial charge is 0.310 e. The maximum atomic E-state index is 9.26. The van der Waals surface area contributed by atoms with Gasteiger partial charge in [0.25, 0.3) is 5.95 Å². The van der Waals surface area contributed by atoms with Gasteiger partial charge in [0.2, 0.25) is 5.52 Å². The SMILES string of the molecule is Nc1nc(NC2CC2)c2[nH]c[n+](C3C=CC(CO)C3)c2n1. The monoisotopic (exact) mass is 287 g/mol. The number of rotatable bonds is 4. The molecule has 5 N–H and O–H groups in total. The molecule has 2 aromatic heterocycles. The van der Waals surface area contributed by atoms with Crippen molar-refractivity contribution in [3.05, 3.63) is 18.5 Å². The molecule has 21 heavy (non-hydrogen) atoms. The second-order valence-corrected chi connectivity index (χ2v) is 5.86. The molecule has 0 bridgehead atoms. The highest BCUT2D eigenvalue weighted by Crippen LogP contribution is 2.28. The van der Waals surface area contributed by atoms with Crippen LogP contribution in [0.4, 0.5) is 11.8 Å². The van der Waals surface area contributed by atoms with E-state index in [1.54, 1.807) is 0 Å². The number of aromatic amines is 1. The fourth-order valence-electron chi connectivity index (χ4n) is 2.85. The zero-order valence-corrected chi connectivity index (χ0v) is 11.7. The van der Waals surface area contributed by atoms with E-state index in [4.69, 9.17) is 5.73 Å². The van der Waals surface area contributed by atoms with Crippen LogP contribution in [-0.4, -0.2) is 32.7 Å². The Kier molecular flexibility index (Phi) is 2.81. The number of hydrogen-bond donors (Lipinski definition) is 4. The van der Waals surface area contributed by atoms with Crippen molar-refractivity contribution in [3.8, 4) is 0 Å². The molecule has 1 fully saturated rings. The number of fused-ring (bicyclic) bond motifs is 1. The second kappa shape index (κ2) is 4.70. The average molecular weight is 287 g/mol. The molecule has 1 saturated carbocycles. The highest BCUT2D eigenvalue weighted by Gasteiger charge is 2.29. The van der Waals surface area contributed by atoms with E-state index in [9.17, 15) is 5.11 Å². The van der Waals surface area contributed by atoms with Crippen LogP contribution in [0, 0.1) is 5.92 Å². The number of anilines is 2. The summed E-state index contributed by atoms with van der Waals surface area (Å²) in [4.78, 5) is 11.9. The van der Waals surface area contributed by atoms with Crippen molar-refractivity contribution in [1.29, 1.82) is 0 Å². The van der Waals surface area contributed by atoms with Crippen LogP contribution < -0.4 is 15.6 Å². The molecular weight excluding hydrogens is 268 g/mol. The van der Waals surface area contributed by atoms with Gasteiger partial charge in [0.05, 0.1) is 0 Å². The van der Waals surface area contributed by atoms with Gasteiger partial charge in [-0.15, -0.1) is 0 Å². The van der Waals surface area contributed by atoms with Crippen LogP contribution in [0.3, 0.4) is 0 Å². The number of allylic oxidation sites excluding steroid dienone is 1. The third kappa shape index (κ3) is 2.23. The normalized spacial score (nSPS) is 24.8. The van der Waals surface area contributed by atoms with Gasteiger partial charge in [-0.1, -0.05) is 17.1 Å². The number of H-pyrrole nitrogens is 1. The molecule has 110 valence electrons. The Morgan fingerprint density at radius 3 is 2.95 bits per heavy atom. The zero-order chi connectivity index (χ0) is 14.4. The Morgan fingerprint density at radius 2 is 2.24 bits per heavy atom. The lowest BCUT2D eigenvalue weighted by atomic mass is 10.1. The summed E-state index contributed by atoms with van der Waals surface area (Å²) in [5, 5.41) is 12.7. The van der Waals surface area contributed by atoms with Crippen LogP contribution in [0.25, 0.3) is 11.2 Å². The van der Waals surface area contributed by atoms with Crippen LogP contribution in [0.1, 0.15) is 25.3 Å². The molecule has 2 atom stereocenters. The second-order valence-electron chi connectivity index (χ2n) is 5.86. The number of nitrogens with two attached hydrogens (primary N) is 1. The van der Waals surface area contributed by atoms with Crippen LogP contribution in [0.15, 0.2) is 18.5 Å². The molecule has 2 aliphatic carbocycles. The lowest BCUT2D eigenvalue weighted by Gasteiger charge is -2.08. The Balaban J connectivity index is 1.73. The summed E-state index contributed by atoms with van der Waals surface area (Å²) in [5.74, 6) is 1.27. The summed E-state index contributed by atoms with van der Waals surface area (Å²) in [7, 11) is 0. The van der Waals surface area contributed by atoms with Crippen LogP contribution in [0.2, 0.25) is 0 Å². The van der Waals surface area contributed by atoms with Gasteiger partial charge in [-0.05, 0) is 19.3 Å². The fourth-order valence-corrected chi connectivity index (χ4v) is 2.85. The molecule has 0 radical (unpaired) electrons. The maximum Gasteiger partial charge on any atom is 0.310 e. The molecule has 2 aliphatic rings. The molecule has 0 amide bonds. The molecule has 2 aromatic rings. The number of hydrogen-bond acceptors (Lipinski definition) is 5. The Bertz CT molecular complexity index is 705. The predicted octanol–water partition coefficient (Wildman–Crippen LogP) is 0.511. The molecule has 0 saturated heterocycles. The van der Waals surface area contributed by atoms with E-state index >= 15 is 0 Å². The third-order valence-electron chi connectivity index (χ3n) is 4.16. The number of aliphatic hydroxyl groups excluding tert-OH is 1. The summed E-state index contributed by atoms with van der Waals surface area (Å²) >= 11 is 0. The highest BCUT2D eigenvalue weighted by molar-refractivity contribution is 5.81. The van der Waals surface area contributed by atoms with E-state index in [1.165, 1.54) is 12.8 Å². The lowest BCUT2D eigenvalue weighted by molar-refractivity contribution is -0.689. The summed E-state index contributed by atoms with van der Waals surface area (Å²) in [6.07, 6.45) is 9.31. The first kappa shape index (κ1) is 12.6. The first-order valence-corrected chi connectivity index (χ1v) is 7.36. The quantitative estimate of drug-likeness (QED) is 0.484. The Morgan fingerprint density at radius 1 is 1.38 bits per heavy atom. The van der Waals surface area contributed by atoms with Crippen molar-refractivity contribution in [2.45, 2.75) is 31.3 Å². The minimum absolute atomic E-state index is 0.182. The van der Waals surface area contributed by atoms with E-state index in [-0.39, 0.29) is 24.5 Å². The van der Waals surface area contributed by atoms with Gasteiger partial charge in [0, 0.05) is 18.6 Å². The maximum absolute atomic E-state index is 9.26. The van der Waals surface area contributed by atoms with E-state index < -0.39 is 0 Å². The minimum Gasteiger partial charge on any atom is -0.396 e. The average Bonchev–Trinajstić information content (AvgIpc) is 3.01. The van der Waals surface area contributed by atoms with Crippen LogP contribution in [-0.2, 0) is 0 Å². The number of nitrogens with one attached hydrogen (secondary N) is 2. The molecule has 2 heterocycles. The zero-order valence-electron chi connectivity index (χ0n) is 11.7. The summed E-state index contributed by atoms with van der Waals surface area (Å²) in [5.41, 5.74) is 7.54. The van der Waals surface area contributed by atoms with Crippen LogP contribution >= 0.6 is 0 Å². The van der Waals surface area contributed by atoms with Gasteiger partial charge in [-0.2, -0.15) is 4.98 Å².